The Bertz CT molecular complexity index is 1580. The Balaban J connectivity index is 1.54. The van der Waals surface area contributed by atoms with Gasteiger partial charge in [-0.1, -0.05) is 84.9 Å². The summed E-state index contributed by atoms with van der Waals surface area (Å²) in [4.78, 5) is 2.33. The predicted molar refractivity (Wildman–Crippen MR) is 138 cm³/mol. The standard InChI is InChI=1S/C31H23NO/c1-3-11-23(12-4-1)24-13-9-16-26(21-24)32(25-14-5-2-6-15-25)27-17-10-20-31-29(22-27)28-18-7-8-19-30(28)33-31/h1-9,11-22H,10H2. The second kappa shape index (κ2) is 8.33. The number of rotatable bonds is 4. The van der Waals surface area contributed by atoms with E-state index in [4.69, 9.17) is 4.42 Å². The lowest BCUT2D eigenvalue weighted by molar-refractivity contribution is 0.574. The molecule has 0 saturated heterocycles. The Morgan fingerprint density at radius 3 is 2.15 bits per heavy atom. The van der Waals surface area contributed by atoms with E-state index in [-0.39, 0.29) is 0 Å². The van der Waals surface area contributed by atoms with Crippen LogP contribution >= 0.6 is 0 Å². The fraction of sp³-hybridized carbons (Fsp3) is 0.0323. The van der Waals surface area contributed by atoms with Crippen LogP contribution in [0, 0.1) is 0 Å². The van der Waals surface area contributed by atoms with Gasteiger partial charge in [-0.25, -0.2) is 0 Å². The average Bonchev–Trinajstić information content (AvgIpc) is 3.09. The van der Waals surface area contributed by atoms with Gasteiger partial charge in [-0.3, -0.25) is 0 Å². The van der Waals surface area contributed by atoms with E-state index >= 15 is 0 Å². The lowest BCUT2D eigenvalue weighted by atomic mass is 10.0. The van der Waals surface area contributed by atoms with Gasteiger partial charge in [0.1, 0.15) is 11.0 Å². The van der Waals surface area contributed by atoms with Gasteiger partial charge < -0.3 is 9.32 Å². The van der Waals surface area contributed by atoms with Crippen LogP contribution in [0.25, 0.3) is 34.2 Å². The molecule has 2 nitrogen and oxygen atoms in total. The topological polar surface area (TPSA) is 16.4 Å². The van der Waals surface area contributed by atoms with Gasteiger partial charge in [0.05, 0.1) is 0 Å². The molecule has 0 atom stereocenters. The second-order valence-electron chi connectivity index (χ2n) is 8.18. The molecule has 1 aliphatic rings. The zero-order chi connectivity index (χ0) is 22.0. The van der Waals surface area contributed by atoms with Crippen LogP contribution in [-0.2, 0) is 0 Å². The molecular weight excluding hydrogens is 402 g/mol. The summed E-state index contributed by atoms with van der Waals surface area (Å²) in [6, 6.07) is 38.1. The number of hydrogen-bond donors (Lipinski definition) is 0. The van der Waals surface area contributed by atoms with E-state index < -0.39 is 0 Å². The molecule has 0 bridgehead atoms. The minimum Gasteiger partial charge on any atom is -0.456 e. The summed E-state index contributed by atoms with van der Waals surface area (Å²) >= 11 is 0. The fourth-order valence-electron chi connectivity index (χ4n) is 4.51. The number of anilines is 2. The molecular formula is C31H23NO. The molecule has 1 heterocycles. The first-order valence-electron chi connectivity index (χ1n) is 11.3. The van der Waals surface area contributed by atoms with Gasteiger partial charge in [0.15, 0.2) is 0 Å². The number of para-hydroxylation sites is 2. The third-order valence-electron chi connectivity index (χ3n) is 6.07. The molecule has 0 aliphatic heterocycles. The van der Waals surface area contributed by atoms with Gasteiger partial charge >= 0.3 is 0 Å². The molecule has 5 aromatic rings. The highest BCUT2D eigenvalue weighted by atomic mass is 16.3. The van der Waals surface area contributed by atoms with Crippen LogP contribution in [0.2, 0.25) is 0 Å². The molecule has 1 aliphatic carbocycles. The highest BCUT2D eigenvalue weighted by Gasteiger charge is 2.16. The van der Waals surface area contributed by atoms with Crippen molar-refractivity contribution in [2.24, 2.45) is 0 Å². The minimum atomic E-state index is 0.806. The summed E-state index contributed by atoms with van der Waals surface area (Å²) < 4.78 is 6.15. The normalized spacial score (nSPS) is 12.8. The quantitative estimate of drug-likeness (QED) is 0.315. The lowest BCUT2D eigenvalue weighted by Crippen LogP contribution is -2.22. The highest BCUT2D eigenvalue weighted by molar-refractivity contribution is 5.84. The summed E-state index contributed by atoms with van der Waals surface area (Å²) in [7, 11) is 0. The Kier molecular flexibility index (Phi) is 4.89. The predicted octanol–water partition coefficient (Wildman–Crippen LogP) is 6.79. The van der Waals surface area contributed by atoms with Crippen molar-refractivity contribution in [3.05, 3.63) is 132 Å². The van der Waals surface area contributed by atoms with E-state index in [1.807, 2.05) is 12.1 Å². The van der Waals surface area contributed by atoms with E-state index in [1.165, 1.54) is 11.1 Å². The third kappa shape index (κ3) is 3.66. The minimum absolute atomic E-state index is 0.806. The van der Waals surface area contributed by atoms with Gasteiger partial charge in [-0.15, -0.1) is 0 Å². The SMILES string of the molecule is C1=C(N(c2ccccc2)c2cccc(-c3ccccc3)c2)C=c2c(oc3ccccc23)=CC1. The van der Waals surface area contributed by atoms with Crippen molar-refractivity contribution in [1.29, 1.82) is 0 Å². The molecule has 6 rings (SSSR count). The Labute approximate surface area is 193 Å². The maximum absolute atomic E-state index is 6.15. The van der Waals surface area contributed by atoms with E-state index in [0.717, 1.165) is 45.1 Å². The summed E-state index contributed by atoms with van der Waals surface area (Å²) in [6.07, 6.45) is 7.50. The Hall–Kier alpha value is -4.30. The maximum atomic E-state index is 6.15. The van der Waals surface area contributed by atoms with Crippen LogP contribution < -0.4 is 15.5 Å². The lowest BCUT2D eigenvalue weighted by Gasteiger charge is -2.27. The van der Waals surface area contributed by atoms with Crippen LogP contribution in [0.1, 0.15) is 6.42 Å². The van der Waals surface area contributed by atoms with Crippen LogP contribution in [0.3, 0.4) is 0 Å². The van der Waals surface area contributed by atoms with Crippen molar-refractivity contribution in [2.45, 2.75) is 6.42 Å². The first-order chi connectivity index (χ1) is 16.4. The number of allylic oxidation sites excluding steroid dienone is 2. The fourth-order valence-corrected chi connectivity index (χ4v) is 4.51. The van der Waals surface area contributed by atoms with Crippen molar-refractivity contribution in [3.63, 3.8) is 0 Å². The summed E-state index contributed by atoms with van der Waals surface area (Å²) in [5.74, 6) is 0. The highest BCUT2D eigenvalue weighted by Crippen LogP contribution is 2.33. The van der Waals surface area contributed by atoms with Crippen molar-refractivity contribution in [3.8, 4) is 11.1 Å². The Morgan fingerprint density at radius 1 is 0.606 bits per heavy atom. The largest absolute Gasteiger partial charge is 0.456 e. The number of hydrogen-bond acceptors (Lipinski definition) is 2. The number of benzene rings is 4. The second-order valence-corrected chi connectivity index (χ2v) is 8.18. The maximum Gasteiger partial charge on any atom is 0.135 e. The van der Waals surface area contributed by atoms with E-state index in [2.05, 4.69) is 120 Å². The molecule has 0 fully saturated rings. The first-order valence-corrected chi connectivity index (χ1v) is 11.3. The van der Waals surface area contributed by atoms with E-state index in [1.54, 1.807) is 0 Å². The van der Waals surface area contributed by atoms with Crippen LogP contribution in [0.4, 0.5) is 11.4 Å². The van der Waals surface area contributed by atoms with Crippen molar-refractivity contribution in [1.82, 2.24) is 0 Å². The molecule has 0 spiro atoms. The zero-order valence-corrected chi connectivity index (χ0v) is 18.2. The first kappa shape index (κ1) is 19.4. The van der Waals surface area contributed by atoms with Gasteiger partial charge in [0.25, 0.3) is 0 Å². The molecule has 158 valence electrons. The molecule has 0 amide bonds. The van der Waals surface area contributed by atoms with E-state index in [9.17, 15) is 0 Å². The Morgan fingerprint density at radius 2 is 1.30 bits per heavy atom. The van der Waals surface area contributed by atoms with Crippen LogP contribution in [0.5, 0.6) is 0 Å². The monoisotopic (exact) mass is 425 g/mol. The van der Waals surface area contributed by atoms with E-state index in [0.29, 0.717) is 0 Å². The zero-order valence-electron chi connectivity index (χ0n) is 18.2. The number of nitrogens with zero attached hydrogens (tertiary/aromatic N) is 1. The van der Waals surface area contributed by atoms with Crippen molar-refractivity contribution >= 4 is 34.5 Å². The number of furan rings is 1. The molecule has 0 unspecified atom stereocenters. The van der Waals surface area contributed by atoms with Gasteiger partial charge in [-0.2, -0.15) is 0 Å². The molecule has 4 aromatic carbocycles. The number of fused-ring (bicyclic) bond motifs is 3. The summed E-state index contributed by atoms with van der Waals surface area (Å²) in [5, 5.41) is 2.28. The molecule has 0 saturated carbocycles. The van der Waals surface area contributed by atoms with Gasteiger partial charge in [0.2, 0.25) is 0 Å². The van der Waals surface area contributed by atoms with Gasteiger partial charge in [-0.05, 0) is 60.0 Å². The van der Waals surface area contributed by atoms with Crippen LogP contribution in [0.15, 0.2) is 125 Å². The van der Waals surface area contributed by atoms with Gasteiger partial charge in [0, 0.05) is 27.7 Å². The molecule has 0 radical (unpaired) electrons. The summed E-state index contributed by atoms with van der Waals surface area (Å²) in [5.41, 5.74) is 7.66. The molecule has 1 aromatic heterocycles. The van der Waals surface area contributed by atoms with Crippen molar-refractivity contribution < 1.29 is 4.42 Å². The van der Waals surface area contributed by atoms with Crippen LogP contribution in [-0.4, -0.2) is 0 Å². The summed E-state index contributed by atoms with van der Waals surface area (Å²) in [6.45, 7) is 0. The average molecular weight is 426 g/mol. The van der Waals surface area contributed by atoms with Crippen molar-refractivity contribution in [2.75, 3.05) is 4.90 Å². The third-order valence-corrected chi connectivity index (χ3v) is 6.07. The molecule has 0 N–H and O–H groups in total. The molecule has 33 heavy (non-hydrogen) atoms. The smallest absolute Gasteiger partial charge is 0.135 e. The molecule has 2 heteroatoms.